The van der Waals surface area contributed by atoms with Crippen molar-refractivity contribution in [3.8, 4) is 5.75 Å². The van der Waals surface area contributed by atoms with Crippen LogP contribution in [0.5, 0.6) is 5.75 Å². The van der Waals surface area contributed by atoms with E-state index in [4.69, 9.17) is 4.74 Å². The van der Waals surface area contributed by atoms with Gasteiger partial charge in [0.25, 0.3) is 11.6 Å². The molecule has 146 valence electrons. The Kier molecular flexibility index (Phi) is 5.30. The molecular weight excluding hydrogens is 362 g/mol. The minimum absolute atomic E-state index is 0.142. The Morgan fingerprint density at radius 2 is 1.86 bits per heavy atom. The number of para-hydroxylation sites is 1. The summed E-state index contributed by atoms with van der Waals surface area (Å²) in [6.07, 6.45) is -0.832. The molecule has 1 aliphatic heterocycles. The molecule has 8 nitrogen and oxygen atoms in total. The quantitative estimate of drug-likeness (QED) is 0.630. The van der Waals surface area contributed by atoms with Crippen molar-refractivity contribution in [2.24, 2.45) is 5.92 Å². The summed E-state index contributed by atoms with van der Waals surface area (Å²) in [5, 5.41) is 13.9. The van der Waals surface area contributed by atoms with Gasteiger partial charge in [-0.3, -0.25) is 24.6 Å². The molecule has 0 fully saturated rings. The molecule has 1 N–H and O–H groups in total. The number of hydrogen-bond donors (Lipinski definition) is 1. The Labute approximate surface area is 162 Å². The van der Waals surface area contributed by atoms with Crippen LogP contribution in [0.1, 0.15) is 20.8 Å². The van der Waals surface area contributed by atoms with E-state index < -0.39 is 17.1 Å². The highest BCUT2D eigenvalue weighted by Crippen LogP contribution is 2.39. The van der Waals surface area contributed by atoms with Gasteiger partial charge >= 0.3 is 0 Å². The lowest BCUT2D eigenvalue weighted by atomic mass is 10.0. The lowest BCUT2D eigenvalue weighted by molar-refractivity contribution is -0.384. The number of carbonyl (C=O) groups excluding carboxylic acids is 2. The number of hydrogen-bond acceptors (Lipinski definition) is 5. The molecule has 8 heteroatoms. The van der Waals surface area contributed by atoms with Crippen molar-refractivity contribution in [2.75, 3.05) is 10.2 Å². The van der Waals surface area contributed by atoms with Crippen molar-refractivity contribution in [3.63, 3.8) is 0 Å². The second-order valence-corrected chi connectivity index (χ2v) is 6.93. The number of non-ortho nitro benzene ring substituents is 1. The zero-order valence-corrected chi connectivity index (χ0v) is 15.8. The predicted molar refractivity (Wildman–Crippen MR) is 104 cm³/mol. The molecule has 0 saturated heterocycles. The predicted octanol–water partition coefficient (Wildman–Crippen LogP) is 3.37. The fourth-order valence-electron chi connectivity index (χ4n) is 3.06. The van der Waals surface area contributed by atoms with E-state index in [1.807, 2.05) is 19.9 Å². The first-order chi connectivity index (χ1) is 13.3. The van der Waals surface area contributed by atoms with Gasteiger partial charge in [-0.25, -0.2) is 0 Å². The Morgan fingerprint density at radius 3 is 2.46 bits per heavy atom. The van der Waals surface area contributed by atoms with Crippen molar-refractivity contribution < 1.29 is 19.2 Å². The summed E-state index contributed by atoms with van der Waals surface area (Å²) in [6, 6.07) is 12.1. The number of amides is 2. The summed E-state index contributed by atoms with van der Waals surface area (Å²) >= 11 is 0. The normalized spacial score (nSPS) is 16.9. The molecule has 0 aliphatic carbocycles. The van der Waals surface area contributed by atoms with Gasteiger partial charge in [-0.15, -0.1) is 0 Å². The molecule has 0 bridgehead atoms. The van der Waals surface area contributed by atoms with E-state index in [0.29, 0.717) is 11.4 Å². The highest BCUT2D eigenvalue weighted by Gasteiger charge is 2.41. The smallest absolute Gasteiger partial charge is 0.273 e. The van der Waals surface area contributed by atoms with Crippen LogP contribution in [-0.4, -0.2) is 28.9 Å². The molecule has 2 aromatic rings. The zero-order chi connectivity index (χ0) is 20.4. The van der Waals surface area contributed by atoms with Crippen LogP contribution in [0, 0.1) is 16.0 Å². The van der Waals surface area contributed by atoms with E-state index in [1.165, 1.54) is 23.1 Å². The first-order valence-corrected chi connectivity index (χ1v) is 8.93. The molecule has 1 heterocycles. The molecule has 1 aliphatic rings. The third kappa shape index (κ3) is 3.66. The number of carbonyl (C=O) groups is 2. The van der Waals surface area contributed by atoms with Crippen molar-refractivity contribution in [1.82, 2.24) is 0 Å². The summed E-state index contributed by atoms with van der Waals surface area (Å²) < 4.78 is 5.75. The Hall–Kier alpha value is -3.42. The number of nitro groups is 1. The second-order valence-electron chi connectivity index (χ2n) is 6.93. The number of nitro benzene ring substituents is 1. The fraction of sp³-hybridized carbons (Fsp3) is 0.300. The van der Waals surface area contributed by atoms with Gasteiger partial charge in [0.1, 0.15) is 6.04 Å². The molecule has 0 aromatic heterocycles. The minimum atomic E-state index is -0.835. The summed E-state index contributed by atoms with van der Waals surface area (Å²) in [5.74, 6) is -0.681. The zero-order valence-electron chi connectivity index (χ0n) is 15.8. The standard InChI is InChI=1S/C20H21N3O5/c1-12(2)18-20(25)22(13(3)19(24)21-14-7-5-4-6-8-14)16-10-9-15(23(26)27)11-17(16)28-18/h4-13,18H,1-3H3,(H,21,24). The number of ether oxygens (including phenoxy) is 1. The molecule has 2 atom stereocenters. The van der Waals surface area contributed by atoms with E-state index >= 15 is 0 Å². The van der Waals surface area contributed by atoms with Crippen molar-refractivity contribution in [1.29, 1.82) is 0 Å². The Bertz CT molecular complexity index is 913. The summed E-state index contributed by atoms with van der Waals surface area (Å²) in [4.78, 5) is 37.7. The molecule has 3 rings (SSSR count). The van der Waals surface area contributed by atoms with Crippen LogP contribution in [0.2, 0.25) is 0 Å². The van der Waals surface area contributed by atoms with Gasteiger partial charge in [0.2, 0.25) is 5.91 Å². The monoisotopic (exact) mass is 383 g/mol. The average Bonchev–Trinajstić information content (AvgIpc) is 2.67. The number of benzene rings is 2. The number of rotatable bonds is 5. The topological polar surface area (TPSA) is 102 Å². The Morgan fingerprint density at radius 1 is 1.18 bits per heavy atom. The fourth-order valence-corrected chi connectivity index (χ4v) is 3.06. The van der Waals surface area contributed by atoms with Crippen molar-refractivity contribution in [2.45, 2.75) is 32.9 Å². The summed E-state index contributed by atoms with van der Waals surface area (Å²) in [5.41, 5.74) is 0.810. The van der Waals surface area contributed by atoms with Crippen molar-refractivity contribution >= 4 is 28.9 Å². The minimum Gasteiger partial charge on any atom is -0.478 e. The molecular formula is C20H21N3O5. The molecule has 28 heavy (non-hydrogen) atoms. The van der Waals surface area contributed by atoms with Gasteiger partial charge in [0.15, 0.2) is 11.9 Å². The van der Waals surface area contributed by atoms with Crippen LogP contribution in [0.4, 0.5) is 17.1 Å². The summed E-state index contributed by atoms with van der Waals surface area (Å²) in [7, 11) is 0. The molecule has 2 unspecified atom stereocenters. The second kappa shape index (κ2) is 7.67. The molecule has 0 saturated carbocycles. The Balaban J connectivity index is 1.97. The third-order valence-corrected chi connectivity index (χ3v) is 4.56. The highest BCUT2D eigenvalue weighted by atomic mass is 16.6. The highest BCUT2D eigenvalue weighted by molar-refractivity contribution is 6.08. The van der Waals surface area contributed by atoms with E-state index in [-0.39, 0.29) is 29.2 Å². The van der Waals surface area contributed by atoms with E-state index in [0.717, 1.165) is 0 Å². The third-order valence-electron chi connectivity index (χ3n) is 4.56. The number of nitrogens with zero attached hydrogens (tertiary/aromatic N) is 2. The van der Waals surface area contributed by atoms with Gasteiger partial charge in [-0.05, 0) is 31.0 Å². The molecule has 0 radical (unpaired) electrons. The van der Waals surface area contributed by atoms with E-state index in [1.54, 1.807) is 31.2 Å². The van der Waals surface area contributed by atoms with E-state index in [9.17, 15) is 19.7 Å². The molecule has 2 aromatic carbocycles. The van der Waals surface area contributed by atoms with Gasteiger partial charge in [-0.1, -0.05) is 32.0 Å². The van der Waals surface area contributed by atoms with Crippen LogP contribution in [0.15, 0.2) is 48.5 Å². The first-order valence-electron chi connectivity index (χ1n) is 8.93. The van der Waals surface area contributed by atoms with Crippen LogP contribution >= 0.6 is 0 Å². The van der Waals surface area contributed by atoms with Gasteiger partial charge in [0.05, 0.1) is 16.7 Å². The van der Waals surface area contributed by atoms with Gasteiger partial charge in [-0.2, -0.15) is 0 Å². The average molecular weight is 383 g/mol. The first kappa shape index (κ1) is 19.3. The van der Waals surface area contributed by atoms with Crippen LogP contribution < -0.4 is 15.0 Å². The number of nitrogens with one attached hydrogen (secondary N) is 1. The maximum atomic E-state index is 13.0. The molecule has 2 amide bonds. The largest absolute Gasteiger partial charge is 0.478 e. The molecule has 0 spiro atoms. The van der Waals surface area contributed by atoms with E-state index in [2.05, 4.69) is 5.32 Å². The lowest BCUT2D eigenvalue weighted by Gasteiger charge is -2.38. The lowest BCUT2D eigenvalue weighted by Crippen LogP contribution is -2.55. The SMILES string of the molecule is CC(C)C1Oc2cc([N+](=O)[O-])ccc2N(C(C)C(=O)Nc2ccccc2)C1=O. The van der Waals surface area contributed by atoms with Crippen LogP contribution in [-0.2, 0) is 9.59 Å². The van der Waals surface area contributed by atoms with Crippen LogP contribution in [0.3, 0.4) is 0 Å². The maximum Gasteiger partial charge on any atom is 0.273 e. The van der Waals surface area contributed by atoms with Gasteiger partial charge in [0, 0.05) is 11.8 Å². The maximum absolute atomic E-state index is 13.0. The van der Waals surface area contributed by atoms with Crippen LogP contribution in [0.25, 0.3) is 0 Å². The summed E-state index contributed by atoms with van der Waals surface area (Å²) in [6.45, 7) is 5.25. The number of fused-ring (bicyclic) bond motifs is 1. The van der Waals surface area contributed by atoms with Gasteiger partial charge < -0.3 is 10.1 Å². The van der Waals surface area contributed by atoms with Crippen molar-refractivity contribution in [3.05, 3.63) is 58.6 Å². The number of anilines is 2.